The number of carbonyl (C=O) groups is 2. The maximum absolute atomic E-state index is 10.8. The quantitative estimate of drug-likeness (QED) is 0.594. The van der Waals surface area contributed by atoms with Crippen LogP contribution in [0.1, 0.15) is 19.4 Å². The van der Waals surface area contributed by atoms with Crippen LogP contribution in [0.3, 0.4) is 0 Å². The number of hydrogen-bond acceptors (Lipinski definition) is 2. The molecule has 0 atom stereocenters. The monoisotopic (exact) mass is 205 g/mol. The van der Waals surface area contributed by atoms with E-state index in [2.05, 4.69) is 5.32 Å². The molecule has 1 aromatic carbocycles. The second-order valence-electron chi connectivity index (χ2n) is 4.09. The van der Waals surface area contributed by atoms with Crippen molar-refractivity contribution in [1.29, 1.82) is 0 Å². The van der Waals surface area contributed by atoms with Crippen molar-refractivity contribution in [2.24, 2.45) is 0 Å². The summed E-state index contributed by atoms with van der Waals surface area (Å²) in [7, 11) is 0. The molecule has 0 aliphatic carbocycles. The van der Waals surface area contributed by atoms with E-state index in [0.717, 1.165) is 5.56 Å². The second-order valence-corrected chi connectivity index (χ2v) is 4.09. The van der Waals surface area contributed by atoms with E-state index < -0.39 is 5.91 Å². The van der Waals surface area contributed by atoms with Gasteiger partial charge in [-0.2, -0.15) is 0 Å². The highest BCUT2D eigenvalue weighted by atomic mass is 16.2. The number of benzene rings is 1. The van der Waals surface area contributed by atoms with E-state index in [1.54, 1.807) is 0 Å². The molecule has 0 heterocycles. The highest BCUT2D eigenvalue weighted by Gasteiger charge is 2.20. The maximum atomic E-state index is 10.8. The fourth-order valence-electron chi connectivity index (χ4n) is 1.34. The van der Waals surface area contributed by atoms with E-state index in [1.165, 1.54) is 0 Å². The van der Waals surface area contributed by atoms with Crippen molar-refractivity contribution < 1.29 is 9.59 Å². The lowest BCUT2D eigenvalue weighted by Gasteiger charge is -2.25. The molecule has 1 N–H and O–H groups in total. The number of amides is 1. The molecular weight excluding hydrogens is 190 g/mol. The van der Waals surface area contributed by atoms with Crippen molar-refractivity contribution in [3.63, 3.8) is 0 Å². The zero-order chi connectivity index (χ0) is 11.3. The van der Waals surface area contributed by atoms with Gasteiger partial charge in [-0.1, -0.05) is 44.2 Å². The summed E-state index contributed by atoms with van der Waals surface area (Å²) in [5, 5.41) is 2.56. The summed E-state index contributed by atoms with van der Waals surface area (Å²) in [4.78, 5) is 21.0. The van der Waals surface area contributed by atoms with E-state index in [9.17, 15) is 9.59 Å². The molecule has 0 radical (unpaired) electrons. The molecule has 0 saturated carbocycles. The van der Waals surface area contributed by atoms with Gasteiger partial charge in [0.25, 0.3) is 5.91 Å². The SMILES string of the molecule is CC(C)(CNC(=O)C=O)c1ccccc1. The van der Waals surface area contributed by atoms with Crippen LogP contribution in [0.25, 0.3) is 0 Å². The van der Waals surface area contributed by atoms with E-state index in [4.69, 9.17) is 0 Å². The zero-order valence-corrected chi connectivity index (χ0v) is 8.99. The fraction of sp³-hybridized carbons (Fsp3) is 0.333. The molecule has 0 aliphatic rings. The van der Waals surface area contributed by atoms with Gasteiger partial charge < -0.3 is 5.32 Å². The van der Waals surface area contributed by atoms with Gasteiger partial charge in [0.15, 0.2) is 0 Å². The summed E-state index contributed by atoms with van der Waals surface area (Å²) in [6, 6.07) is 9.88. The smallest absolute Gasteiger partial charge is 0.284 e. The van der Waals surface area contributed by atoms with Crippen molar-refractivity contribution in [2.45, 2.75) is 19.3 Å². The lowest BCUT2D eigenvalue weighted by atomic mass is 9.85. The molecule has 0 aromatic heterocycles. The summed E-state index contributed by atoms with van der Waals surface area (Å²) in [6.45, 7) is 4.50. The van der Waals surface area contributed by atoms with Gasteiger partial charge in [-0.25, -0.2) is 0 Å². The third-order valence-electron chi connectivity index (χ3n) is 2.37. The highest BCUT2D eigenvalue weighted by molar-refractivity contribution is 6.23. The van der Waals surface area contributed by atoms with E-state index >= 15 is 0 Å². The van der Waals surface area contributed by atoms with Gasteiger partial charge in [0.1, 0.15) is 0 Å². The molecule has 0 spiro atoms. The number of nitrogens with one attached hydrogen (secondary N) is 1. The van der Waals surface area contributed by atoms with Gasteiger partial charge in [-0.3, -0.25) is 9.59 Å². The van der Waals surface area contributed by atoms with E-state index in [-0.39, 0.29) is 5.41 Å². The minimum Gasteiger partial charge on any atom is -0.349 e. The molecule has 0 bridgehead atoms. The van der Waals surface area contributed by atoms with Crippen molar-refractivity contribution in [3.05, 3.63) is 35.9 Å². The Bertz CT molecular complexity index is 344. The summed E-state index contributed by atoms with van der Waals surface area (Å²) in [5.41, 5.74) is 0.969. The van der Waals surface area contributed by atoms with Gasteiger partial charge in [-0.05, 0) is 5.56 Å². The predicted molar refractivity (Wildman–Crippen MR) is 58.5 cm³/mol. The van der Waals surface area contributed by atoms with Crippen LogP contribution in [0.4, 0.5) is 0 Å². The molecule has 0 unspecified atom stereocenters. The van der Waals surface area contributed by atoms with Crippen LogP contribution >= 0.6 is 0 Å². The molecule has 1 amide bonds. The molecule has 15 heavy (non-hydrogen) atoms. The molecule has 0 aliphatic heterocycles. The molecular formula is C12H15NO2. The second kappa shape index (κ2) is 4.73. The average Bonchev–Trinajstić information content (AvgIpc) is 2.27. The summed E-state index contributed by atoms with van der Waals surface area (Å²) in [5.74, 6) is -0.570. The number of rotatable bonds is 4. The average molecular weight is 205 g/mol. The molecule has 3 heteroatoms. The minimum absolute atomic E-state index is 0.167. The van der Waals surface area contributed by atoms with E-state index in [0.29, 0.717) is 12.8 Å². The lowest BCUT2D eigenvalue weighted by Crippen LogP contribution is -2.37. The Hall–Kier alpha value is -1.64. The molecule has 1 rings (SSSR count). The minimum atomic E-state index is -0.570. The van der Waals surface area contributed by atoms with Crippen molar-refractivity contribution >= 4 is 12.2 Å². The highest BCUT2D eigenvalue weighted by Crippen LogP contribution is 2.21. The Balaban J connectivity index is 2.67. The first-order valence-corrected chi connectivity index (χ1v) is 4.85. The number of hydrogen-bond donors (Lipinski definition) is 1. The van der Waals surface area contributed by atoms with Crippen LogP contribution in [-0.2, 0) is 15.0 Å². The van der Waals surface area contributed by atoms with Gasteiger partial charge in [0, 0.05) is 12.0 Å². The Kier molecular flexibility index (Phi) is 3.61. The third-order valence-corrected chi connectivity index (χ3v) is 2.37. The van der Waals surface area contributed by atoms with Gasteiger partial charge >= 0.3 is 0 Å². The van der Waals surface area contributed by atoms with Crippen LogP contribution < -0.4 is 5.32 Å². The summed E-state index contributed by atoms with van der Waals surface area (Å²) in [6.07, 6.45) is 0.293. The van der Waals surface area contributed by atoms with Crippen LogP contribution in [0.5, 0.6) is 0 Å². The first kappa shape index (κ1) is 11.4. The largest absolute Gasteiger partial charge is 0.349 e. The lowest BCUT2D eigenvalue weighted by molar-refractivity contribution is -0.131. The molecule has 0 saturated heterocycles. The summed E-state index contributed by atoms with van der Waals surface area (Å²) >= 11 is 0. The molecule has 3 nitrogen and oxygen atoms in total. The third kappa shape index (κ3) is 3.20. The van der Waals surface area contributed by atoms with Crippen LogP contribution in [0.15, 0.2) is 30.3 Å². The van der Waals surface area contributed by atoms with Gasteiger partial charge in [-0.15, -0.1) is 0 Å². The Morgan fingerprint density at radius 1 is 1.33 bits per heavy atom. The van der Waals surface area contributed by atoms with E-state index in [1.807, 2.05) is 44.2 Å². The van der Waals surface area contributed by atoms with Crippen LogP contribution in [0.2, 0.25) is 0 Å². The zero-order valence-electron chi connectivity index (χ0n) is 8.99. The maximum Gasteiger partial charge on any atom is 0.284 e. The predicted octanol–water partition coefficient (Wildman–Crippen LogP) is 1.28. The molecule has 1 aromatic rings. The summed E-state index contributed by atoms with van der Waals surface area (Å²) < 4.78 is 0. The van der Waals surface area contributed by atoms with Crippen molar-refractivity contribution in [2.75, 3.05) is 6.54 Å². The van der Waals surface area contributed by atoms with Crippen LogP contribution in [-0.4, -0.2) is 18.7 Å². The first-order valence-electron chi connectivity index (χ1n) is 4.85. The van der Waals surface area contributed by atoms with Crippen molar-refractivity contribution in [3.8, 4) is 0 Å². The first-order chi connectivity index (χ1) is 7.06. The number of aldehydes is 1. The Labute approximate surface area is 89.5 Å². The van der Waals surface area contributed by atoms with Gasteiger partial charge in [0.05, 0.1) is 0 Å². The molecule has 0 fully saturated rings. The van der Waals surface area contributed by atoms with Crippen LogP contribution in [0, 0.1) is 0 Å². The van der Waals surface area contributed by atoms with Gasteiger partial charge in [0.2, 0.25) is 6.29 Å². The van der Waals surface area contributed by atoms with Crippen molar-refractivity contribution in [1.82, 2.24) is 5.32 Å². The topological polar surface area (TPSA) is 46.2 Å². The Morgan fingerprint density at radius 3 is 2.47 bits per heavy atom. The molecule has 80 valence electrons. The normalized spacial score (nSPS) is 10.8. The number of carbonyl (C=O) groups excluding carboxylic acids is 2. The Morgan fingerprint density at radius 2 is 1.93 bits per heavy atom. The fourth-order valence-corrected chi connectivity index (χ4v) is 1.34. The standard InChI is InChI=1S/C12H15NO2/c1-12(2,9-13-11(15)8-14)10-6-4-3-5-7-10/h3-8H,9H2,1-2H3,(H,13,15).